The first kappa shape index (κ1) is 17.0. The van der Waals surface area contributed by atoms with Crippen molar-refractivity contribution in [2.45, 2.75) is 6.54 Å². The molecule has 0 saturated carbocycles. The molecule has 4 rings (SSSR count). The summed E-state index contributed by atoms with van der Waals surface area (Å²) >= 11 is 18.5. The molecule has 0 amide bonds. The lowest BCUT2D eigenvalue weighted by Gasteiger charge is -2.12. The predicted molar refractivity (Wildman–Crippen MR) is 101 cm³/mol. The molecule has 0 aliphatic rings. The Labute approximate surface area is 163 Å². The van der Waals surface area contributed by atoms with Crippen molar-refractivity contribution >= 4 is 34.8 Å². The van der Waals surface area contributed by atoms with Crippen molar-refractivity contribution < 1.29 is 0 Å². The molecule has 0 aliphatic carbocycles. The van der Waals surface area contributed by atoms with Crippen molar-refractivity contribution in [2.24, 2.45) is 0 Å². The number of rotatable bonds is 4. The van der Waals surface area contributed by atoms with Gasteiger partial charge in [-0.1, -0.05) is 46.9 Å². The SMILES string of the molecule is Clc1ccc(-c2c(Cn3cnnn3)cnn2-c2ccc(Cl)cc2Cl)cc1. The molecular weight excluding hydrogens is 395 g/mol. The third kappa shape index (κ3) is 3.31. The zero-order valence-corrected chi connectivity index (χ0v) is 15.5. The molecule has 2 heterocycles. The van der Waals surface area contributed by atoms with Crippen LogP contribution in [-0.2, 0) is 6.54 Å². The van der Waals surface area contributed by atoms with E-state index in [-0.39, 0.29) is 0 Å². The quantitative estimate of drug-likeness (QED) is 0.500. The van der Waals surface area contributed by atoms with Gasteiger partial charge in [-0.15, -0.1) is 5.10 Å². The maximum Gasteiger partial charge on any atom is 0.138 e. The molecule has 0 atom stereocenters. The summed E-state index contributed by atoms with van der Waals surface area (Å²) in [6, 6.07) is 12.8. The molecular formula is C17H11Cl3N6. The Hall–Kier alpha value is -2.41. The fraction of sp³-hybridized carbons (Fsp3) is 0.0588. The minimum absolute atomic E-state index is 0.468. The first-order valence-corrected chi connectivity index (χ1v) is 8.74. The van der Waals surface area contributed by atoms with Crippen molar-refractivity contribution in [3.05, 3.63) is 75.6 Å². The van der Waals surface area contributed by atoms with E-state index in [0.717, 1.165) is 22.5 Å². The normalized spacial score (nSPS) is 11.0. The van der Waals surface area contributed by atoms with Crippen LogP contribution in [0.5, 0.6) is 0 Å². The maximum absolute atomic E-state index is 6.40. The van der Waals surface area contributed by atoms with Gasteiger partial charge in [0.25, 0.3) is 0 Å². The van der Waals surface area contributed by atoms with Gasteiger partial charge in [0.1, 0.15) is 6.33 Å². The number of tetrazole rings is 1. The second kappa shape index (κ2) is 7.07. The van der Waals surface area contributed by atoms with Crippen LogP contribution in [0, 0.1) is 0 Å². The molecule has 0 radical (unpaired) electrons. The number of hydrogen-bond donors (Lipinski definition) is 0. The Kier molecular flexibility index (Phi) is 4.63. The molecule has 0 fully saturated rings. The van der Waals surface area contributed by atoms with Gasteiger partial charge < -0.3 is 0 Å². The smallest absolute Gasteiger partial charge is 0.138 e. The first-order chi connectivity index (χ1) is 12.6. The lowest BCUT2D eigenvalue weighted by molar-refractivity contribution is 0.649. The fourth-order valence-corrected chi connectivity index (χ4v) is 3.29. The Bertz CT molecular complexity index is 1040. The van der Waals surface area contributed by atoms with Crippen LogP contribution in [-0.4, -0.2) is 30.0 Å². The molecule has 0 spiro atoms. The molecule has 0 bridgehead atoms. The molecule has 26 heavy (non-hydrogen) atoms. The molecule has 9 heteroatoms. The summed E-state index contributed by atoms with van der Waals surface area (Å²) in [4.78, 5) is 0. The average molecular weight is 406 g/mol. The molecule has 0 N–H and O–H groups in total. The van der Waals surface area contributed by atoms with Crippen molar-refractivity contribution in [2.75, 3.05) is 0 Å². The minimum Gasteiger partial charge on any atom is -0.231 e. The van der Waals surface area contributed by atoms with Gasteiger partial charge in [-0.25, -0.2) is 9.36 Å². The van der Waals surface area contributed by atoms with Gasteiger partial charge in [0.2, 0.25) is 0 Å². The van der Waals surface area contributed by atoms with Gasteiger partial charge >= 0.3 is 0 Å². The van der Waals surface area contributed by atoms with Crippen molar-refractivity contribution in [3.8, 4) is 16.9 Å². The second-order valence-electron chi connectivity index (χ2n) is 5.54. The van der Waals surface area contributed by atoms with E-state index in [9.17, 15) is 0 Å². The Morgan fingerprint density at radius 3 is 2.38 bits per heavy atom. The van der Waals surface area contributed by atoms with Crippen LogP contribution in [0.1, 0.15) is 5.56 Å². The summed E-state index contributed by atoms with van der Waals surface area (Å²) in [6.45, 7) is 0.468. The molecule has 0 aliphatic heterocycles. The van der Waals surface area contributed by atoms with Gasteiger partial charge in [0, 0.05) is 21.2 Å². The van der Waals surface area contributed by atoms with Crippen LogP contribution in [0.2, 0.25) is 15.1 Å². The highest BCUT2D eigenvalue weighted by atomic mass is 35.5. The van der Waals surface area contributed by atoms with E-state index >= 15 is 0 Å². The highest BCUT2D eigenvalue weighted by Gasteiger charge is 2.17. The zero-order chi connectivity index (χ0) is 18.1. The van der Waals surface area contributed by atoms with Crippen LogP contribution >= 0.6 is 34.8 Å². The highest BCUT2D eigenvalue weighted by Crippen LogP contribution is 2.32. The second-order valence-corrected chi connectivity index (χ2v) is 6.82. The topological polar surface area (TPSA) is 61.4 Å². The molecule has 2 aromatic heterocycles. The highest BCUT2D eigenvalue weighted by molar-refractivity contribution is 6.35. The Morgan fingerprint density at radius 1 is 0.923 bits per heavy atom. The lowest BCUT2D eigenvalue weighted by atomic mass is 10.1. The van der Waals surface area contributed by atoms with Gasteiger partial charge in [0.05, 0.1) is 29.1 Å². The van der Waals surface area contributed by atoms with E-state index in [1.165, 1.54) is 0 Å². The fourth-order valence-electron chi connectivity index (χ4n) is 2.68. The predicted octanol–water partition coefficient (Wildman–Crippen LogP) is 4.53. The summed E-state index contributed by atoms with van der Waals surface area (Å²) in [6.07, 6.45) is 3.33. The van der Waals surface area contributed by atoms with Crippen LogP contribution in [0.15, 0.2) is 55.0 Å². The van der Waals surface area contributed by atoms with Crippen LogP contribution in [0.4, 0.5) is 0 Å². The van der Waals surface area contributed by atoms with Gasteiger partial charge in [-0.3, -0.25) is 0 Å². The standard InChI is InChI=1S/C17H11Cl3N6/c18-13-3-1-11(2-4-13)17-12(9-25-10-21-23-24-25)8-22-26(17)16-6-5-14(19)7-15(16)20/h1-8,10H,9H2. The van der Waals surface area contributed by atoms with E-state index in [1.54, 1.807) is 34.0 Å². The number of benzene rings is 2. The minimum atomic E-state index is 0.468. The van der Waals surface area contributed by atoms with E-state index in [4.69, 9.17) is 34.8 Å². The van der Waals surface area contributed by atoms with E-state index < -0.39 is 0 Å². The van der Waals surface area contributed by atoms with E-state index in [2.05, 4.69) is 20.6 Å². The summed E-state index contributed by atoms with van der Waals surface area (Å²) in [5.74, 6) is 0. The van der Waals surface area contributed by atoms with Crippen molar-refractivity contribution in [1.29, 1.82) is 0 Å². The van der Waals surface area contributed by atoms with Crippen LogP contribution in [0.3, 0.4) is 0 Å². The molecule has 4 aromatic rings. The maximum atomic E-state index is 6.40. The number of nitrogens with zero attached hydrogens (tertiary/aromatic N) is 6. The molecule has 6 nitrogen and oxygen atoms in total. The third-order valence-electron chi connectivity index (χ3n) is 3.82. The Morgan fingerprint density at radius 2 is 1.69 bits per heavy atom. The number of aromatic nitrogens is 6. The summed E-state index contributed by atoms with van der Waals surface area (Å²) in [5, 5.41) is 17.5. The first-order valence-electron chi connectivity index (χ1n) is 7.61. The number of halogens is 3. The third-order valence-corrected chi connectivity index (χ3v) is 4.61. The number of hydrogen-bond acceptors (Lipinski definition) is 4. The molecule has 130 valence electrons. The van der Waals surface area contributed by atoms with Gasteiger partial charge in [0.15, 0.2) is 0 Å². The molecule has 2 aromatic carbocycles. The van der Waals surface area contributed by atoms with Crippen LogP contribution in [0.25, 0.3) is 16.9 Å². The molecule has 0 unspecified atom stereocenters. The van der Waals surface area contributed by atoms with Crippen molar-refractivity contribution in [3.63, 3.8) is 0 Å². The monoisotopic (exact) mass is 404 g/mol. The Balaban J connectivity index is 1.88. The van der Waals surface area contributed by atoms with Crippen molar-refractivity contribution in [1.82, 2.24) is 30.0 Å². The van der Waals surface area contributed by atoms with E-state index in [1.807, 2.05) is 30.3 Å². The summed E-state index contributed by atoms with van der Waals surface area (Å²) in [5.41, 5.74) is 3.48. The average Bonchev–Trinajstić information content (AvgIpc) is 3.26. The zero-order valence-electron chi connectivity index (χ0n) is 13.2. The van der Waals surface area contributed by atoms with Crippen LogP contribution < -0.4 is 0 Å². The van der Waals surface area contributed by atoms with E-state index in [0.29, 0.717) is 21.6 Å². The molecule has 0 saturated heterocycles. The summed E-state index contributed by atoms with van der Waals surface area (Å²) in [7, 11) is 0. The van der Waals surface area contributed by atoms with Gasteiger partial charge in [-0.05, 0) is 40.8 Å². The largest absolute Gasteiger partial charge is 0.231 e. The lowest BCUT2D eigenvalue weighted by Crippen LogP contribution is -2.04. The summed E-state index contributed by atoms with van der Waals surface area (Å²) < 4.78 is 3.41. The van der Waals surface area contributed by atoms with Gasteiger partial charge in [-0.2, -0.15) is 5.10 Å².